The molecule has 0 amide bonds. The van der Waals surface area contributed by atoms with E-state index in [2.05, 4.69) is 0 Å². The van der Waals surface area contributed by atoms with Crippen molar-refractivity contribution in [3.63, 3.8) is 0 Å². The lowest BCUT2D eigenvalue weighted by atomic mass is 9.84. The molecule has 14 heteroatoms. The van der Waals surface area contributed by atoms with Gasteiger partial charge in [0.15, 0.2) is 12.6 Å². The van der Waals surface area contributed by atoms with Crippen LogP contribution in [0, 0.1) is 0 Å². The second-order valence-corrected chi connectivity index (χ2v) is 8.29. The van der Waals surface area contributed by atoms with Gasteiger partial charge in [-0.3, -0.25) is 0 Å². The SMILES string of the molecule is N[C@@H]1[C@@H](O[C@H]2[C@@H](O)[C@@H](O[C@@H]3OC[C@H](O)[C@H](O)[C@H]3O)[C@H](N)C[C@H]2N)O[C@H](CO)[C@@H](O)[C@H]1O. The third kappa shape index (κ3) is 5.02. The molecule has 0 aromatic rings. The second-order valence-electron chi connectivity index (χ2n) is 8.29. The molecule has 182 valence electrons. The summed E-state index contributed by atoms with van der Waals surface area (Å²) in [7, 11) is 0. The molecule has 1 aliphatic carbocycles. The summed E-state index contributed by atoms with van der Waals surface area (Å²) in [6, 6.07) is -2.78. The van der Waals surface area contributed by atoms with Crippen LogP contribution in [-0.4, -0.2) is 135 Å². The average Bonchev–Trinajstić information content (AvgIpc) is 2.73. The van der Waals surface area contributed by atoms with E-state index in [0.717, 1.165) is 0 Å². The number of aliphatic hydroxyl groups is 7. The molecule has 14 nitrogen and oxygen atoms in total. The fraction of sp³-hybridized carbons (Fsp3) is 1.00. The van der Waals surface area contributed by atoms with Crippen LogP contribution < -0.4 is 17.2 Å². The lowest BCUT2D eigenvalue weighted by Crippen LogP contribution is -2.68. The Kier molecular flexibility index (Phi) is 8.21. The molecule has 3 fully saturated rings. The normalized spacial score (nSPS) is 54.0. The molecule has 2 heterocycles. The zero-order chi connectivity index (χ0) is 23.0. The van der Waals surface area contributed by atoms with Gasteiger partial charge in [0.1, 0.15) is 54.9 Å². The predicted octanol–water partition coefficient (Wildman–Crippen LogP) is -6.62. The van der Waals surface area contributed by atoms with Crippen LogP contribution in [0.3, 0.4) is 0 Å². The number of hydrogen-bond acceptors (Lipinski definition) is 14. The van der Waals surface area contributed by atoms with Crippen molar-refractivity contribution in [1.29, 1.82) is 0 Å². The Morgan fingerprint density at radius 1 is 0.742 bits per heavy atom. The first kappa shape index (κ1) is 25.1. The molecule has 0 bridgehead atoms. The van der Waals surface area contributed by atoms with Crippen molar-refractivity contribution in [1.82, 2.24) is 0 Å². The fourth-order valence-corrected chi connectivity index (χ4v) is 4.07. The van der Waals surface area contributed by atoms with Gasteiger partial charge in [0.05, 0.1) is 19.3 Å². The van der Waals surface area contributed by atoms with Gasteiger partial charge in [-0.25, -0.2) is 0 Å². The minimum atomic E-state index is -1.59. The molecule has 1 saturated carbocycles. The van der Waals surface area contributed by atoms with E-state index in [1.54, 1.807) is 0 Å². The molecule has 2 saturated heterocycles. The van der Waals surface area contributed by atoms with Crippen molar-refractivity contribution in [2.45, 2.75) is 92.1 Å². The third-order valence-corrected chi connectivity index (χ3v) is 6.03. The summed E-state index contributed by atoms with van der Waals surface area (Å²) in [6.45, 7) is -0.903. The zero-order valence-corrected chi connectivity index (χ0v) is 16.7. The van der Waals surface area contributed by atoms with Crippen LogP contribution in [-0.2, 0) is 18.9 Å². The molecule has 14 atom stereocenters. The van der Waals surface area contributed by atoms with Crippen LogP contribution in [0.4, 0.5) is 0 Å². The van der Waals surface area contributed by atoms with Gasteiger partial charge in [-0.2, -0.15) is 0 Å². The molecule has 0 aromatic carbocycles. The average molecular weight is 455 g/mol. The third-order valence-electron chi connectivity index (χ3n) is 6.03. The summed E-state index contributed by atoms with van der Waals surface area (Å²) in [6.07, 6.45) is -14.7. The summed E-state index contributed by atoms with van der Waals surface area (Å²) in [5.41, 5.74) is 18.0. The van der Waals surface area contributed by atoms with Crippen molar-refractivity contribution in [3.05, 3.63) is 0 Å². The van der Waals surface area contributed by atoms with Gasteiger partial charge >= 0.3 is 0 Å². The molecule has 0 spiro atoms. The van der Waals surface area contributed by atoms with Crippen molar-refractivity contribution in [2.24, 2.45) is 17.2 Å². The highest BCUT2D eigenvalue weighted by Gasteiger charge is 2.50. The number of aliphatic hydroxyl groups excluding tert-OH is 7. The highest BCUT2D eigenvalue weighted by Crippen LogP contribution is 2.30. The summed E-state index contributed by atoms with van der Waals surface area (Å²) in [5.74, 6) is 0. The van der Waals surface area contributed by atoms with Gasteiger partial charge in [-0.05, 0) is 6.42 Å². The maximum atomic E-state index is 10.8. The Labute approximate surface area is 178 Å². The van der Waals surface area contributed by atoms with E-state index < -0.39 is 92.2 Å². The van der Waals surface area contributed by atoms with Crippen LogP contribution >= 0.6 is 0 Å². The van der Waals surface area contributed by atoms with Crippen LogP contribution in [0.15, 0.2) is 0 Å². The Morgan fingerprint density at radius 2 is 1.32 bits per heavy atom. The lowest BCUT2D eigenvalue weighted by molar-refractivity contribution is -0.317. The smallest absolute Gasteiger partial charge is 0.186 e. The van der Waals surface area contributed by atoms with Crippen molar-refractivity contribution < 1.29 is 54.7 Å². The van der Waals surface area contributed by atoms with Gasteiger partial charge < -0.3 is 71.9 Å². The van der Waals surface area contributed by atoms with Crippen LogP contribution in [0.5, 0.6) is 0 Å². The van der Waals surface area contributed by atoms with Gasteiger partial charge in [0, 0.05) is 12.1 Å². The first-order chi connectivity index (χ1) is 14.6. The lowest BCUT2D eigenvalue weighted by Gasteiger charge is -2.47. The Balaban J connectivity index is 1.70. The van der Waals surface area contributed by atoms with Crippen LogP contribution in [0.1, 0.15) is 6.42 Å². The highest BCUT2D eigenvalue weighted by molar-refractivity contribution is 5.01. The van der Waals surface area contributed by atoms with E-state index in [1.807, 2.05) is 0 Å². The minimum absolute atomic E-state index is 0.122. The molecule has 31 heavy (non-hydrogen) atoms. The first-order valence-corrected chi connectivity index (χ1v) is 10.1. The predicted molar refractivity (Wildman–Crippen MR) is 99.8 cm³/mol. The largest absolute Gasteiger partial charge is 0.394 e. The van der Waals surface area contributed by atoms with E-state index in [4.69, 9.17) is 36.1 Å². The standard InChI is InChI=1S/C17H33N3O11/c18-4-1-5(19)15(31-17-12(26)9(23)6(22)3-28-17)13(27)14(4)30-16-8(20)11(25)10(24)7(2-21)29-16/h4-17,21-27H,1-3,18-20H2/t4-,5-,6+,7-,8+,9+,10-,11+,12-,13-,14-,15+,16-,17+/m1/s1. The summed E-state index contributed by atoms with van der Waals surface area (Å²) < 4.78 is 21.9. The fourth-order valence-electron chi connectivity index (χ4n) is 4.07. The topological polar surface area (TPSA) is 257 Å². The van der Waals surface area contributed by atoms with E-state index in [9.17, 15) is 35.7 Å². The summed E-state index contributed by atoms with van der Waals surface area (Å²) in [4.78, 5) is 0. The molecule has 13 N–H and O–H groups in total. The second kappa shape index (κ2) is 10.1. The highest BCUT2D eigenvalue weighted by atomic mass is 16.7. The minimum Gasteiger partial charge on any atom is -0.394 e. The van der Waals surface area contributed by atoms with Gasteiger partial charge in [-0.15, -0.1) is 0 Å². The van der Waals surface area contributed by atoms with Gasteiger partial charge in [0.25, 0.3) is 0 Å². The van der Waals surface area contributed by atoms with Crippen molar-refractivity contribution in [2.75, 3.05) is 13.2 Å². The number of ether oxygens (including phenoxy) is 4. The van der Waals surface area contributed by atoms with Crippen LogP contribution in [0.25, 0.3) is 0 Å². The molecular formula is C17H33N3O11. The molecule has 3 aliphatic rings. The van der Waals surface area contributed by atoms with E-state index >= 15 is 0 Å². The molecule has 3 rings (SSSR count). The maximum Gasteiger partial charge on any atom is 0.186 e. The number of rotatable bonds is 5. The Hall–Kier alpha value is -0.560. The van der Waals surface area contributed by atoms with Crippen LogP contribution in [0.2, 0.25) is 0 Å². The Morgan fingerprint density at radius 3 is 1.90 bits per heavy atom. The molecule has 2 aliphatic heterocycles. The summed E-state index contributed by atoms with van der Waals surface area (Å²) in [5, 5.41) is 69.6. The maximum absolute atomic E-state index is 10.8. The zero-order valence-electron chi connectivity index (χ0n) is 16.7. The number of hydrogen-bond donors (Lipinski definition) is 10. The van der Waals surface area contributed by atoms with Crippen molar-refractivity contribution >= 4 is 0 Å². The van der Waals surface area contributed by atoms with Gasteiger partial charge in [-0.1, -0.05) is 0 Å². The van der Waals surface area contributed by atoms with E-state index in [-0.39, 0.29) is 13.0 Å². The van der Waals surface area contributed by atoms with Gasteiger partial charge in [0.2, 0.25) is 0 Å². The first-order valence-electron chi connectivity index (χ1n) is 10.1. The number of nitrogens with two attached hydrogens (primary N) is 3. The monoisotopic (exact) mass is 455 g/mol. The quantitative estimate of drug-likeness (QED) is 0.185. The molecule has 0 radical (unpaired) electrons. The molecular weight excluding hydrogens is 422 g/mol. The molecule has 0 unspecified atom stereocenters. The van der Waals surface area contributed by atoms with Crippen molar-refractivity contribution in [3.8, 4) is 0 Å². The Bertz CT molecular complexity index is 590. The molecule has 0 aromatic heterocycles. The summed E-state index contributed by atoms with van der Waals surface area (Å²) >= 11 is 0. The van der Waals surface area contributed by atoms with E-state index in [0.29, 0.717) is 0 Å². The van der Waals surface area contributed by atoms with E-state index in [1.165, 1.54) is 0 Å².